The van der Waals surface area contributed by atoms with Crippen LogP contribution >= 0.6 is 0 Å². The maximum absolute atomic E-state index is 12.4. The molecule has 0 aromatic carbocycles. The van der Waals surface area contributed by atoms with Crippen LogP contribution < -0.4 is 16.3 Å². The third-order valence-electron chi connectivity index (χ3n) is 5.45. The Morgan fingerprint density at radius 2 is 1.89 bits per heavy atom. The van der Waals surface area contributed by atoms with Crippen molar-refractivity contribution in [1.29, 1.82) is 0 Å². The van der Waals surface area contributed by atoms with Gasteiger partial charge in [0.15, 0.2) is 6.23 Å². The van der Waals surface area contributed by atoms with Crippen molar-refractivity contribution in [2.75, 3.05) is 25.1 Å². The first-order valence-electron chi connectivity index (χ1n) is 11.9. The zero-order valence-electron chi connectivity index (χ0n) is 22.2. The van der Waals surface area contributed by atoms with Gasteiger partial charge >= 0.3 is 23.8 Å². The van der Waals surface area contributed by atoms with Crippen molar-refractivity contribution in [2.45, 2.75) is 71.9 Å². The largest absolute Gasteiger partial charge is 0.447 e. The number of anilines is 1. The summed E-state index contributed by atoms with van der Waals surface area (Å²) in [7, 11) is 0. The highest BCUT2D eigenvalue weighted by Crippen LogP contribution is 2.37. The molecular formula is C23H36N4O11. The topological polar surface area (TPSA) is 208 Å². The van der Waals surface area contributed by atoms with Crippen molar-refractivity contribution >= 4 is 24.0 Å². The molecule has 15 nitrogen and oxygen atoms in total. The Kier molecular flexibility index (Phi) is 10.2. The maximum atomic E-state index is 12.4. The number of amides is 2. The number of ether oxygens (including phenoxy) is 4. The van der Waals surface area contributed by atoms with Crippen molar-refractivity contribution < 1.29 is 48.7 Å². The molecule has 0 saturated carbocycles. The SMILES string of the molecule is CC(C)C(OC(=O)NCCOC(=O)Nc1ccn([C@@H]2O[C@H](CO)[C@@H](O)[C@@]2(C)O)c(=O)n1)OC(=O)C(C)(C)C. The summed E-state index contributed by atoms with van der Waals surface area (Å²) in [5, 5.41) is 34.5. The highest BCUT2D eigenvalue weighted by atomic mass is 16.7. The monoisotopic (exact) mass is 544 g/mol. The fourth-order valence-electron chi connectivity index (χ4n) is 3.21. The molecule has 0 aliphatic carbocycles. The van der Waals surface area contributed by atoms with E-state index in [2.05, 4.69) is 15.6 Å². The maximum Gasteiger partial charge on any atom is 0.412 e. The van der Waals surface area contributed by atoms with Gasteiger partial charge in [-0.1, -0.05) is 13.8 Å². The number of aliphatic hydroxyl groups is 3. The lowest BCUT2D eigenvalue weighted by Gasteiger charge is -2.27. The molecule has 1 fully saturated rings. The van der Waals surface area contributed by atoms with Gasteiger partial charge in [0, 0.05) is 12.1 Å². The quantitative estimate of drug-likeness (QED) is 0.159. The summed E-state index contributed by atoms with van der Waals surface area (Å²) in [6.45, 7) is 8.73. The molecule has 5 atom stereocenters. The molecule has 1 aromatic rings. The standard InChI is InChI=1S/C23H36N4O11/c1-12(2)16(37-18(30)22(3,4)5)38-20(32)24-8-10-35-21(33)26-14-7-9-27(19(31)25-14)17-23(6,34)15(29)13(11-28)36-17/h7,9,12-13,15-17,28-29,34H,8,10-11H2,1-6H3,(H,24,32)(H,25,26,31,33)/t13-,15-,16?,17-,23-/m1/s1. The fourth-order valence-corrected chi connectivity index (χ4v) is 3.21. The van der Waals surface area contributed by atoms with Crippen LogP contribution in [0.1, 0.15) is 47.8 Å². The minimum atomic E-state index is -1.88. The average Bonchev–Trinajstić information content (AvgIpc) is 3.04. The molecule has 1 aliphatic rings. The van der Waals surface area contributed by atoms with E-state index in [-0.39, 0.29) is 24.9 Å². The fraction of sp³-hybridized carbons (Fsp3) is 0.696. The smallest absolute Gasteiger partial charge is 0.412 e. The lowest BCUT2D eigenvalue weighted by atomic mass is 9.96. The van der Waals surface area contributed by atoms with Gasteiger partial charge in [0.2, 0.25) is 0 Å². The van der Waals surface area contributed by atoms with Crippen LogP contribution in [-0.2, 0) is 23.7 Å². The number of alkyl carbamates (subject to hydrolysis) is 1. The molecule has 2 heterocycles. The van der Waals surface area contributed by atoms with Gasteiger partial charge in [-0.2, -0.15) is 4.98 Å². The van der Waals surface area contributed by atoms with Gasteiger partial charge in [0.1, 0.15) is 30.2 Å². The van der Waals surface area contributed by atoms with Gasteiger partial charge in [-0.15, -0.1) is 0 Å². The van der Waals surface area contributed by atoms with Crippen LogP contribution in [0.4, 0.5) is 15.4 Å². The second-order valence-corrected chi connectivity index (χ2v) is 10.2. The third-order valence-corrected chi connectivity index (χ3v) is 5.45. The van der Waals surface area contributed by atoms with E-state index in [4.69, 9.17) is 18.9 Å². The summed E-state index contributed by atoms with van der Waals surface area (Å²) in [6.07, 6.45) is -5.63. The first-order chi connectivity index (χ1) is 17.6. The molecule has 1 aliphatic heterocycles. The minimum Gasteiger partial charge on any atom is -0.447 e. The molecule has 1 unspecified atom stereocenters. The van der Waals surface area contributed by atoms with Crippen LogP contribution in [0.25, 0.3) is 0 Å². The number of aliphatic hydroxyl groups excluding tert-OH is 2. The summed E-state index contributed by atoms with van der Waals surface area (Å²) in [6, 6.07) is 1.24. The molecular weight excluding hydrogens is 508 g/mol. The van der Waals surface area contributed by atoms with Gasteiger partial charge in [0.25, 0.3) is 6.29 Å². The van der Waals surface area contributed by atoms with Gasteiger partial charge in [-0.3, -0.25) is 14.7 Å². The summed E-state index contributed by atoms with van der Waals surface area (Å²) in [5.41, 5.74) is -3.57. The zero-order chi connectivity index (χ0) is 28.8. The summed E-state index contributed by atoms with van der Waals surface area (Å²) >= 11 is 0. The van der Waals surface area contributed by atoms with Crippen LogP contribution in [0, 0.1) is 11.3 Å². The molecule has 15 heteroatoms. The van der Waals surface area contributed by atoms with Gasteiger partial charge < -0.3 is 39.6 Å². The molecule has 1 saturated heterocycles. The Hall–Kier alpha value is -3.27. The molecule has 38 heavy (non-hydrogen) atoms. The Morgan fingerprint density at radius 1 is 1.24 bits per heavy atom. The summed E-state index contributed by atoms with van der Waals surface area (Å²) in [4.78, 5) is 52.2. The third kappa shape index (κ3) is 7.86. The van der Waals surface area contributed by atoms with Crippen molar-refractivity contribution in [3.63, 3.8) is 0 Å². The van der Waals surface area contributed by atoms with Crippen LogP contribution in [-0.4, -0.2) is 86.9 Å². The number of nitrogens with zero attached hydrogens (tertiary/aromatic N) is 2. The predicted octanol–water partition coefficient (Wildman–Crippen LogP) is 0.0910. The predicted molar refractivity (Wildman–Crippen MR) is 130 cm³/mol. The Morgan fingerprint density at radius 3 is 2.42 bits per heavy atom. The lowest BCUT2D eigenvalue weighted by Crippen LogP contribution is -2.46. The molecule has 214 valence electrons. The molecule has 1 aromatic heterocycles. The number of aromatic nitrogens is 2. The molecule has 0 bridgehead atoms. The van der Waals surface area contributed by atoms with Gasteiger partial charge in [0.05, 0.1) is 18.6 Å². The summed E-state index contributed by atoms with van der Waals surface area (Å²) in [5.74, 6) is -0.996. The second kappa shape index (κ2) is 12.5. The van der Waals surface area contributed by atoms with Crippen molar-refractivity contribution in [3.8, 4) is 0 Å². The minimum absolute atomic E-state index is 0.123. The van der Waals surface area contributed by atoms with Gasteiger partial charge in [-0.25, -0.2) is 14.4 Å². The van der Waals surface area contributed by atoms with E-state index in [0.29, 0.717) is 0 Å². The lowest BCUT2D eigenvalue weighted by molar-refractivity contribution is -0.184. The molecule has 2 amide bonds. The first kappa shape index (κ1) is 31.0. The highest BCUT2D eigenvalue weighted by Gasteiger charge is 2.53. The Labute approximate surface area is 219 Å². The van der Waals surface area contributed by atoms with Crippen LogP contribution in [0.5, 0.6) is 0 Å². The number of carbonyl (C=O) groups is 3. The van der Waals surface area contributed by atoms with E-state index < -0.39 is 66.2 Å². The van der Waals surface area contributed by atoms with Crippen molar-refractivity contribution in [1.82, 2.24) is 14.9 Å². The number of nitrogens with one attached hydrogen (secondary N) is 2. The van der Waals surface area contributed by atoms with E-state index in [1.54, 1.807) is 34.6 Å². The second-order valence-electron chi connectivity index (χ2n) is 10.2. The normalized spacial score (nSPS) is 24.0. The van der Waals surface area contributed by atoms with E-state index in [9.17, 15) is 34.5 Å². The van der Waals surface area contributed by atoms with Gasteiger partial charge in [-0.05, 0) is 33.8 Å². The number of carbonyl (C=O) groups excluding carboxylic acids is 3. The molecule has 2 rings (SSSR count). The molecule has 5 N–H and O–H groups in total. The van der Waals surface area contributed by atoms with E-state index in [1.165, 1.54) is 19.2 Å². The Balaban J connectivity index is 1.83. The molecule has 0 spiro atoms. The number of rotatable bonds is 9. The van der Waals surface area contributed by atoms with Crippen molar-refractivity contribution in [3.05, 3.63) is 22.7 Å². The Bertz CT molecular complexity index is 1050. The highest BCUT2D eigenvalue weighted by molar-refractivity contribution is 5.83. The van der Waals surface area contributed by atoms with Crippen LogP contribution in [0.3, 0.4) is 0 Å². The first-order valence-corrected chi connectivity index (χ1v) is 11.9. The number of hydrogen-bond donors (Lipinski definition) is 5. The van der Waals surface area contributed by atoms with E-state index >= 15 is 0 Å². The van der Waals surface area contributed by atoms with E-state index in [1.807, 2.05) is 0 Å². The zero-order valence-corrected chi connectivity index (χ0v) is 22.2. The molecule has 0 radical (unpaired) electrons. The van der Waals surface area contributed by atoms with Crippen LogP contribution in [0.15, 0.2) is 17.1 Å². The van der Waals surface area contributed by atoms with Crippen LogP contribution in [0.2, 0.25) is 0 Å². The number of esters is 1. The summed E-state index contributed by atoms with van der Waals surface area (Å²) < 4.78 is 21.6. The number of hydrogen-bond acceptors (Lipinski definition) is 12. The van der Waals surface area contributed by atoms with Crippen molar-refractivity contribution in [2.24, 2.45) is 11.3 Å². The van der Waals surface area contributed by atoms with E-state index in [0.717, 1.165) is 4.57 Å². The average molecular weight is 545 g/mol.